The lowest BCUT2D eigenvalue weighted by molar-refractivity contribution is 0.0496. The average molecular weight is 442 g/mol. The molecule has 164 valence electrons. The van der Waals surface area contributed by atoms with E-state index in [9.17, 15) is 14.4 Å². The highest BCUT2D eigenvalue weighted by Gasteiger charge is 2.36. The lowest BCUT2D eigenvalue weighted by atomic mass is 10.1. The van der Waals surface area contributed by atoms with Gasteiger partial charge < -0.3 is 15.0 Å². The zero-order valence-electron chi connectivity index (χ0n) is 17.3. The number of nitrogens with two attached hydrogens (primary N) is 1. The van der Waals surface area contributed by atoms with Crippen LogP contribution in [0.2, 0.25) is 0 Å². The Balaban J connectivity index is 1.19. The highest BCUT2D eigenvalue weighted by atomic mass is 16.5. The van der Waals surface area contributed by atoms with Gasteiger partial charge in [-0.3, -0.25) is 9.59 Å². The van der Waals surface area contributed by atoms with Crippen molar-refractivity contribution in [2.24, 2.45) is 0 Å². The predicted molar refractivity (Wildman–Crippen MR) is 119 cm³/mol. The van der Waals surface area contributed by atoms with E-state index < -0.39 is 5.97 Å². The Morgan fingerprint density at radius 2 is 1.64 bits per heavy atom. The van der Waals surface area contributed by atoms with E-state index in [0.717, 1.165) is 4.90 Å². The van der Waals surface area contributed by atoms with Crippen LogP contribution in [0.1, 0.15) is 37.5 Å². The summed E-state index contributed by atoms with van der Waals surface area (Å²) < 4.78 is 7.16. The van der Waals surface area contributed by atoms with E-state index in [4.69, 9.17) is 10.5 Å². The van der Waals surface area contributed by atoms with Crippen LogP contribution >= 0.6 is 0 Å². The minimum absolute atomic E-state index is 0.194. The van der Waals surface area contributed by atoms with Crippen molar-refractivity contribution < 1.29 is 19.1 Å². The van der Waals surface area contributed by atoms with Crippen molar-refractivity contribution in [3.63, 3.8) is 0 Å². The first-order valence-electron chi connectivity index (χ1n) is 10.2. The van der Waals surface area contributed by atoms with Gasteiger partial charge in [0, 0.05) is 6.54 Å². The van der Waals surface area contributed by atoms with Crippen LogP contribution in [0.5, 0.6) is 0 Å². The number of anilines is 2. The van der Waals surface area contributed by atoms with Crippen molar-refractivity contribution in [1.82, 2.24) is 19.5 Å². The number of carbonyl (C=O) groups is 3. The Morgan fingerprint density at radius 1 is 0.939 bits per heavy atom. The maximum atomic E-state index is 12.6. The fourth-order valence-corrected chi connectivity index (χ4v) is 3.72. The summed E-state index contributed by atoms with van der Waals surface area (Å²) in [6.45, 7) is 0.734. The van der Waals surface area contributed by atoms with Gasteiger partial charge >= 0.3 is 5.97 Å². The molecule has 3 heterocycles. The van der Waals surface area contributed by atoms with E-state index in [1.54, 1.807) is 42.7 Å². The van der Waals surface area contributed by atoms with Crippen LogP contribution in [0.3, 0.4) is 0 Å². The molecule has 2 aromatic heterocycles. The number of nitrogens with zero attached hydrogens (tertiary/aromatic N) is 5. The van der Waals surface area contributed by atoms with Crippen LogP contribution in [0.15, 0.2) is 61.2 Å². The topological polar surface area (TPSA) is 133 Å². The lowest BCUT2D eigenvalue weighted by Crippen LogP contribution is -2.29. The van der Waals surface area contributed by atoms with Crippen molar-refractivity contribution in [2.75, 3.05) is 17.2 Å². The molecule has 0 spiro atoms. The highest BCUT2D eigenvalue weighted by molar-refractivity contribution is 6.34. The molecule has 4 aromatic rings. The highest BCUT2D eigenvalue weighted by Crippen LogP contribution is 2.28. The molecule has 10 heteroatoms. The van der Waals surface area contributed by atoms with E-state index in [1.807, 2.05) is 4.57 Å². The summed E-state index contributed by atoms with van der Waals surface area (Å²) in [5, 5.41) is 0. The zero-order chi connectivity index (χ0) is 22.9. The molecule has 10 nitrogen and oxygen atoms in total. The number of imidazole rings is 1. The third kappa shape index (κ3) is 3.57. The molecule has 33 heavy (non-hydrogen) atoms. The van der Waals surface area contributed by atoms with E-state index in [0.29, 0.717) is 52.3 Å². The second kappa shape index (κ2) is 8.15. The van der Waals surface area contributed by atoms with Crippen molar-refractivity contribution in [3.05, 3.63) is 77.9 Å². The van der Waals surface area contributed by atoms with E-state index in [1.165, 1.54) is 18.5 Å². The molecule has 0 unspecified atom stereocenters. The van der Waals surface area contributed by atoms with Gasteiger partial charge in [-0.15, -0.1) is 0 Å². The van der Waals surface area contributed by atoms with Gasteiger partial charge in [0.05, 0.1) is 35.3 Å². The third-order valence-corrected chi connectivity index (χ3v) is 5.36. The van der Waals surface area contributed by atoms with Gasteiger partial charge in [-0.05, 0) is 42.8 Å². The molecule has 2 aromatic carbocycles. The second-order valence-corrected chi connectivity index (χ2v) is 7.40. The Morgan fingerprint density at radius 3 is 2.33 bits per heavy atom. The number of rotatable bonds is 6. The summed E-state index contributed by atoms with van der Waals surface area (Å²) in [7, 11) is 0. The number of benzene rings is 2. The number of esters is 1. The van der Waals surface area contributed by atoms with Gasteiger partial charge in [-0.2, -0.15) is 0 Å². The normalized spacial score (nSPS) is 12.9. The summed E-state index contributed by atoms with van der Waals surface area (Å²) in [6, 6.07) is 12.8. The standard InChI is InChI=1S/C23H18N6O4/c24-19-18-20(26-12-25-19)28(13-27-18)10-3-11-33-23(32)14-6-8-15(9-7-14)29-21(30)16-4-1-2-5-17(16)22(29)31/h1-2,4-9,12-13H,3,10-11H2,(H2,24,25,26). The Hall–Kier alpha value is -4.60. The number of nitrogen functional groups attached to an aromatic ring is 1. The predicted octanol–water partition coefficient (Wildman–Crippen LogP) is 2.46. The van der Waals surface area contributed by atoms with Crippen molar-refractivity contribution in [1.29, 1.82) is 0 Å². The Bertz CT molecular complexity index is 1360. The fourth-order valence-electron chi connectivity index (χ4n) is 3.72. The number of carbonyl (C=O) groups excluding carboxylic acids is 3. The number of amides is 2. The molecule has 5 rings (SSSR count). The number of hydrogen-bond acceptors (Lipinski definition) is 8. The molecule has 0 aliphatic carbocycles. The maximum Gasteiger partial charge on any atom is 0.338 e. The number of aromatic nitrogens is 4. The quantitative estimate of drug-likeness (QED) is 0.273. The summed E-state index contributed by atoms with van der Waals surface area (Å²) in [5.74, 6) is -0.948. The molecule has 1 aliphatic rings. The summed E-state index contributed by atoms with van der Waals surface area (Å²) >= 11 is 0. The SMILES string of the molecule is Nc1ncnc2c1ncn2CCCOC(=O)c1ccc(N2C(=O)c3ccccc3C2=O)cc1. The number of fused-ring (bicyclic) bond motifs is 2. The minimum Gasteiger partial charge on any atom is -0.462 e. The van der Waals surface area contributed by atoms with Gasteiger partial charge in [0.25, 0.3) is 11.8 Å². The summed E-state index contributed by atoms with van der Waals surface area (Å²) in [6.07, 6.45) is 3.55. The minimum atomic E-state index is -0.494. The molecule has 2 N–H and O–H groups in total. The summed E-state index contributed by atoms with van der Waals surface area (Å²) in [4.78, 5) is 50.9. The number of hydrogen-bond donors (Lipinski definition) is 1. The van der Waals surface area contributed by atoms with Gasteiger partial charge in [-0.1, -0.05) is 12.1 Å². The molecule has 2 amide bonds. The zero-order valence-corrected chi connectivity index (χ0v) is 17.3. The lowest BCUT2D eigenvalue weighted by Gasteiger charge is -2.14. The Labute approximate surface area is 187 Å². The monoisotopic (exact) mass is 442 g/mol. The third-order valence-electron chi connectivity index (χ3n) is 5.36. The Kier molecular flexibility index (Phi) is 5.02. The first kappa shape index (κ1) is 20.3. The van der Waals surface area contributed by atoms with E-state index in [-0.39, 0.29) is 18.4 Å². The smallest absolute Gasteiger partial charge is 0.338 e. The second-order valence-electron chi connectivity index (χ2n) is 7.40. The van der Waals surface area contributed by atoms with Gasteiger partial charge in [0.15, 0.2) is 11.5 Å². The van der Waals surface area contributed by atoms with Gasteiger partial charge in [-0.25, -0.2) is 24.6 Å². The van der Waals surface area contributed by atoms with Crippen LogP contribution in [-0.2, 0) is 11.3 Å². The molecule has 0 saturated carbocycles. The van der Waals surface area contributed by atoms with Crippen molar-refractivity contribution in [2.45, 2.75) is 13.0 Å². The first-order valence-corrected chi connectivity index (χ1v) is 10.2. The molecule has 0 atom stereocenters. The fraction of sp³-hybridized carbons (Fsp3) is 0.130. The average Bonchev–Trinajstić information content (AvgIpc) is 3.36. The first-order chi connectivity index (χ1) is 16.0. The molecule has 1 aliphatic heterocycles. The van der Waals surface area contributed by atoms with E-state index in [2.05, 4.69) is 15.0 Å². The van der Waals surface area contributed by atoms with Crippen molar-refractivity contribution >= 4 is 40.5 Å². The van der Waals surface area contributed by atoms with Crippen LogP contribution in [-0.4, -0.2) is 43.9 Å². The van der Waals surface area contributed by atoms with E-state index >= 15 is 0 Å². The number of ether oxygens (including phenoxy) is 1. The van der Waals surface area contributed by atoms with Gasteiger partial charge in [0.2, 0.25) is 0 Å². The molecular weight excluding hydrogens is 424 g/mol. The largest absolute Gasteiger partial charge is 0.462 e. The van der Waals surface area contributed by atoms with Crippen LogP contribution in [0.25, 0.3) is 11.2 Å². The maximum absolute atomic E-state index is 12.6. The molecule has 0 radical (unpaired) electrons. The molecule has 0 bridgehead atoms. The molecular formula is C23H18N6O4. The van der Waals surface area contributed by atoms with Crippen LogP contribution < -0.4 is 10.6 Å². The van der Waals surface area contributed by atoms with Crippen molar-refractivity contribution in [3.8, 4) is 0 Å². The van der Waals surface area contributed by atoms with Crippen LogP contribution in [0, 0.1) is 0 Å². The van der Waals surface area contributed by atoms with Crippen LogP contribution in [0.4, 0.5) is 11.5 Å². The molecule has 0 fully saturated rings. The van der Waals surface area contributed by atoms with Gasteiger partial charge in [0.1, 0.15) is 11.8 Å². The number of imide groups is 1. The number of aryl methyl sites for hydroxylation is 1. The summed E-state index contributed by atoms with van der Waals surface area (Å²) in [5.41, 5.74) is 8.39. The molecule has 0 saturated heterocycles.